The fourth-order valence-corrected chi connectivity index (χ4v) is 3.17. The summed E-state index contributed by atoms with van der Waals surface area (Å²) in [5, 5.41) is 13.4. The van der Waals surface area contributed by atoms with Crippen LogP contribution in [0.2, 0.25) is 0 Å². The minimum absolute atomic E-state index is 0.0864. The molecule has 2 N–H and O–H groups in total. The number of unbranched alkanes of at least 4 members (excludes halogenated alkanes) is 4. The molecule has 2 aromatic rings. The molecule has 0 aliphatic heterocycles. The molecule has 2 amide bonds. The van der Waals surface area contributed by atoms with E-state index in [0.29, 0.717) is 17.7 Å². The molecule has 0 spiro atoms. The highest BCUT2D eigenvalue weighted by Crippen LogP contribution is 2.32. The third-order valence-corrected chi connectivity index (χ3v) is 5.04. The highest BCUT2D eigenvalue weighted by molar-refractivity contribution is 5.92. The molecule has 2 aromatic carbocycles. The number of nitrogens with zero attached hydrogens (tertiary/aromatic N) is 1. The predicted octanol–water partition coefficient (Wildman–Crippen LogP) is 5.36. The molecular weight excluding hydrogens is 392 g/mol. The van der Waals surface area contributed by atoms with Gasteiger partial charge < -0.3 is 15.2 Å². The summed E-state index contributed by atoms with van der Waals surface area (Å²) in [5.74, 6) is -0.373. The molecule has 0 saturated carbocycles. The van der Waals surface area contributed by atoms with E-state index in [0.717, 1.165) is 24.1 Å². The maximum Gasteiger partial charge on any atom is 0.330 e. The number of esters is 1. The Labute approximate surface area is 184 Å². The number of carbonyl (C=O) groups excluding carboxylic acids is 2. The smallest absolute Gasteiger partial charge is 0.330 e. The lowest BCUT2D eigenvalue weighted by atomic mass is 10.0. The molecule has 0 radical (unpaired) electrons. The van der Waals surface area contributed by atoms with Crippen LogP contribution in [-0.2, 0) is 9.53 Å². The molecule has 6 nitrogen and oxygen atoms in total. The number of urea groups is 1. The van der Waals surface area contributed by atoms with E-state index < -0.39 is 5.97 Å². The first-order valence-electron chi connectivity index (χ1n) is 10.7. The second-order valence-corrected chi connectivity index (χ2v) is 7.39. The maximum absolute atomic E-state index is 12.5. The van der Waals surface area contributed by atoms with Crippen LogP contribution in [0.3, 0.4) is 0 Å². The summed E-state index contributed by atoms with van der Waals surface area (Å²) >= 11 is 0. The van der Waals surface area contributed by atoms with Gasteiger partial charge >= 0.3 is 12.0 Å². The number of phenolic OH excluding ortho intramolecular Hbond substituents is 1. The van der Waals surface area contributed by atoms with Crippen molar-refractivity contribution in [2.75, 3.05) is 25.6 Å². The number of ether oxygens (including phenoxy) is 1. The van der Waals surface area contributed by atoms with Gasteiger partial charge in [-0.1, -0.05) is 56.9 Å². The third kappa shape index (κ3) is 7.48. The van der Waals surface area contributed by atoms with Crippen molar-refractivity contribution in [3.05, 3.63) is 54.1 Å². The first kappa shape index (κ1) is 24.0. The van der Waals surface area contributed by atoms with Gasteiger partial charge in [-0.3, -0.25) is 4.90 Å². The molecule has 166 valence electrons. The molecule has 6 heteroatoms. The van der Waals surface area contributed by atoms with Gasteiger partial charge in [0.1, 0.15) is 5.75 Å². The highest BCUT2D eigenvalue weighted by atomic mass is 16.5. The van der Waals surface area contributed by atoms with Crippen molar-refractivity contribution in [1.82, 2.24) is 5.32 Å². The third-order valence-electron chi connectivity index (χ3n) is 5.04. The summed E-state index contributed by atoms with van der Waals surface area (Å²) in [6.07, 6.45) is 8.61. The number of aromatic hydroxyl groups is 1. The molecule has 0 aromatic heterocycles. The van der Waals surface area contributed by atoms with Crippen molar-refractivity contribution in [3.8, 4) is 16.9 Å². The Morgan fingerprint density at radius 2 is 1.87 bits per heavy atom. The van der Waals surface area contributed by atoms with E-state index in [9.17, 15) is 14.7 Å². The predicted molar refractivity (Wildman–Crippen MR) is 125 cm³/mol. The Bertz CT molecular complexity index is 908. The van der Waals surface area contributed by atoms with E-state index in [1.54, 1.807) is 36.2 Å². The van der Waals surface area contributed by atoms with Crippen LogP contribution < -0.4 is 10.2 Å². The molecule has 2 rings (SSSR count). The van der Waals surface area contributed by atoms with Crippen molar-refractivity contribution in [3.63, 3.8) is 0 Å². The Balaban J connectivity index is 2.04. The molecule has 0 fully saturated rings. The summed E-state index contributed by atoms with van der Waals surface area (Å²) in [6.45, 7) is 2.84. The Kier molecular flexibility index (Phi) is 9.62. The number of rotatable bonds is 10. The van der Waals surface area contributed by atoms with Gasteiger partial charge in [0.15, 0.2) is 0 Å². The average molecular weight is 425 g/mol. The quantitative estimate of drug-likeness (QED) is 0.306. The van der Waals surface area contributed by atoms with E-state index in [4.69, 9.17) is 0 Å². The first-order chi connectivity index (χ1) is 15.0. The Morgan fingerprint density at radius 1 is 1.10 bits per heavy atom. The molecule has 0 atom stereocenters. The number of anilines is 1. The van der Waals surface area contributed by atoms with E-state index >= 15 is 0 Å². The van der Waals surface area contributed by atoms with Crippen molar-refractivity contribution < 1.29 is 19.4 Å². The van der Waals surface area contributed by atoms with Crippen molar-refractivity contribution in [2.45, 2.75) is 39.0 Å². The van der Waals surface area contributed by atoms with Crippen molar-refractivity contribution in [2.24, 2.45) is 0 Å². The van der Waals surface area contributed by atoms with Crippen LogP contribution in [0, 0.1) is 0 Å². The van der Waals surface area contributed by atoms with E-state index in [1.165, 1.54) is 32.4 Å². The number of benzene rings is 2. The lowest BCUT2D eigenvalue weighted by Gasteiger charge is -2.19. The standard InChI is InChI=1S/C25H32N2O4/c1-4-5-6-7-8-16-26-25(30)27(2)21-11-9-10-20(18-21)22-14-12-19(17-23(22)28)13-15-24(29)31-3/h9-15,17-18,28H,4-8,16H2,1-3H3,(H,26,30). The number of nitrogens with one attached hydrogen (secondary N) is 1. The first-order valence-corrected chi connectivity index (χ1v) is 10.7. The summed E-state index contributed by atoms with van der Waals surface area (Å²) in [7, 11) is 3.04. The van der Waals surface area contributed by atoms with Gasteiger partial charge in [0, 0.05) is 30.9 Å². The molecule has 0 aliphatic carbocycles. The zero-order valence-corrected chi connectivity index (χ0v) is 18.6. The van der Waals surface area contributed by atoms with Crippen LogP contribution in [0.5, 0.6) is 5.75 Å². The minimum Gasteiger partial charge on any atom is -0.507 e. The topological polar surface area (TPSA) is 78.9 Å². The minimum atomic E-state index is -0.460. The zero-order valence-electron chi connectivity index (χ0n) is 18.6. The zero-order chi connectivity index (χ0) is 22.6. The van der Waals surface area contributed by atoms with Crippen LogP contribution in [0.15, 0.2) is 48.5 Å². The van der Waals surface area contributed by atoms with Crippen LogP contribution in [0.1, 0.15) is 44.6 Å². The van der Waals surface area contributed by atoms with Gasteiger partial charge in [0.05, 0.1) is 7.11 Å². The van der Waals surface area contributed by atoms with Gasteiger partial charge in [0.2, 0.25) is 0 Å². The molecular formula is C25H32N2O4. The van der Waals surface area contributed by atoms with Crippen LogP contribution in [-0.4, -0.2) is 37.8 Å². The lowest BCUT2D eigenvalue weighted by molar-refractivity contribution is -0.134. The van der Waals surface area contributed by atoms with Gasteiger partial charge in [-0.05, 0) is 41.8 Å². The molecule has 0 bridgehead atoms. The van der Waals surface area contributed by atoms with Gasteiger partial charge in [-0.2, -0.15) is 0 Å². The monoisotopic (exact) mass is 424 g/mol. The van der Waals surface area contributed by atoms with Gasteiger partial charge in [-0.15, -0.1) is 0 Å². The normalized spacial score (nSPS) is 10.8. The van der Waals surface area contributed by atoms with Crippen molar-refractivity contribution >= 4 is 23.8 Å². The fraction of sp³-hybridized carbons (Fsp3) is 0.360. The number of amides is 2. The summed E-state index contributed by atoms with van der Waals surface area (Å²) in [5.41, 5.74) is 2.84. The number of hydrogen-bond acceptors (Lipinski definition) is 4. The largest absolute Gasteiger partial charge is 0.507 e. The summed E-state index contributed by atoms with van der Waals surface area (Å²) in [6, 6.07) is 12.5. The molecule has 0 heterocycles. The van der Waals surface area contributed by atoms with Gasteiger partial charge in [0.25, 0.3) is 0 Å². The number of carbonyl (C=O) groups is 2. The average Bonchev–Trinajstić information content (AvgIpc) is 2.79. The Morgan fingerprint density at radius 3 is 2.58 bits per heavy atom. The van der Waals surface area contributed by atoms with Crippen LogP contribution in [0.4, 0.5) is 10.5 Å². The van der Waals surface area contributed by atoms with Gasteiger partial charge in [-0.25, -0.2) is 9.59 Å². The summed E-state index contributed by atoms with van der Waals surface area (Å²) in [4.78, 5) is 25.3. The fourth-order valence-electron chi connectivity index (χ4n) is 3.17. The molecule has 0 aliphatic rings. The molecule has 0 saturated heterocycles. The molecule has 31 heavy (non-hydrogen) atoms. The SMILES string of the molecule is CCCCCCCNC(=O)N(C)c1cccc(-c2ccc(C=CC(=O)OC)cc2O)c1. The maximum atomic E-state index is 12.5. The van der Waals surface area contributed by atoms with E-state index in [2.05, 4.69) is 17.0 Å². The van der Waals surface area contributed by atoms with E-state index in [1.807, 2.05) is 24.3 Å². The van der Waals surface area contributed by atoms with Crippen LogP contribution in [0.25, 0.3) is 17.2 Å². The highest BCUT2D eigenvalue weighted by Gasteiger charge is 2.12. The second kappa shape index (κ2) is 12.4. The Hall–Kier alpha value is -3.28. The number of hydrogen-bond donors (Lipinski definition) is 2. The molecule has 0 unspecified atom stereocenters. The lowest BCUT2D eigenvalue weighted by Crippen LogP contribution is -2.37. The summed E-state index contributed by atoms with van der Waals surface area (Å²) < 4.78 is 4.57. The van der Waals surface area contributed by atoms with E-state index in [-0.39, 0.29) is 11.8 Å². The van der Waals surface area contributed by atoms with Crippen molar-refractivity contribution in [1.29, 1.82) is 0 Å². The number of methoxy groups -OCH3 is 1. The van der Waals surface area contributed by atoms with Crippen LogP contribution >= 0.6 is 0 Å². The second-order valence-electron chi connectivity index (χ2n) is 7.39. The number of phenols is 1.